The van der Waals surface area contributed by atoms with E-state index in [0.29, 0.717) is 25.4 Å². The fraction of sp³-hybridized carbons (Fsp3) is 0.440. The van der Waals surface area contributed by atoms with Gasteiger partial charge in [-0.2, -0.15) is 0 Å². The highest BCUT2D eigenvalue weighted by Crippen LogP contribution is 2.18. The third-order valence-corrected chi connectivity index (χ3v) is 7.43. The molecule has 3 rings (SSSR count). The van der Waals surface area contributed by atoms with E-state index in [-0.39, 0.29) is 23.5 Å². The van der Waals surface area contributed by atoms with Crippen LogP contribution in [0.4, 0.5) is 10.1 Å². The lowest BCUT2D eigenvalue weighted by atomic mass is 10.1. The van der Waals surface area contributed by atoms with Crippen LogP contribution < -0.4 is 15.4 Å². The Labute approximate surface area is 216 Å². The van der Waals surface area contributed by atoms with Gasteiger partial charge in [0.05, 0.1) is 18.1 Å². The van der Waals surface area contributed by atoms with Crippen molar-refractivity contribution in [1.82, 2.24) is 14.9 Å². The zero-order valence-electron chi connectivity index (χ0n) is 20.9. The summed E-state index contributed by atoms with van der Waals surface area (Å²) in [5.41, 5.74) is -0.241. The van der Waals surface area contributed by atoms with E-state index in [0.717, 1.165) is 25.2 Å². The molecule has 37 heavy (non-hydrogen) atoms. The number of sulfonamides is 1. The highest BCUT2D eigenvalue weighted by Gasteiger charge is 2.29. The molecule has 1 saturated heterocycles. The van der Waals surface area contributed by atoms with E-state index in [1.165, 1.54) is 36.4 Å². The number of halogens is 1. The number of amides is 2. The summed E-state index contributed by atoms with van der Waals surface area (Å²) in [4.78, 5) is 27.3. The van der Waals surface area contributed by atoms with Gasteiger partial charge in [-0.25, -0.2) is 17.5 Å². The molecule has 4 N–H and O–H groups in total. The summed E-state index contributed by atoms with van der Waals surface area (Å²) in [6.45, 7) is 6.51. The van der Waals surface area contributed by atoms with Crippen LogP contribution in [0.3, 0.4) is 0 Å². The van der Waals surface area contributed by atoms with Crippen molar-refractivity contribution in [2.45, 2.75) is 36.7 Å². The summed E-state index contributed by atoms with van der Waals surface area (Å²) in [5, 5.41) is 14.5. The standard InChI is InChI=1S/C25H33FN4O6S/c1-25(2,17-30-12-15-36-16-13-30)29-37(34,35)21-9-7-20(8-10-21)27-24(33)22(11-14-31)28-23(32)18-3-5-19(26)6-4-18/h3-10,22,29,31H,11-17H2,1-2H3,(H,27,33)(H,28,32)/t22-/m0/s1. The zero-order valence-corrected chi connectivity index (χ0v) is 21.7. The molecule has 0 radical (unpaired) electrons. The van der Waals surface area contributed by atoms with E-state index in [1.54, 1.807) is 0 Å². The van der Waals surface area contributed by atoms with Gasteiger partial charge in [0.2, 0.25) is 15.9 Å². The molecule has 0 bridgehead atoms. The lowest BCUT2D eigenvalue weighted by Crippen LogP contribution is -2.53. The van der Waals surface area contributed by atoms with Crippen molar-refractivity contribution in [3.8, 4) is 0 Å². The number of nitrogens with one attached hydrogen (secondary N) is 3. The number of aliphatic hydroxyl groups is 1. The van der Waals surface area contributed by atoms with Gasteiger partial charge >= 0.3 is 0 Å². The molecule has 0 aromatic heterocycles. The van der Waals surface area contributed by atoms with Gasteiger partial charge in [-0.3, -0.25) is 14.5 Å². The molecule has 10 nitrogen and oxygen atoms in total. The fourth-order valence-corrected chi connectivity index (χ4v) is 5.37. The molecule has 202 valence electrons. The Kier molecular flexibility index (Phi) is 9.74. The summed E-state index contributed by atoms with van der Waals surface area (Å²) in [7, 11) is -3.83. The van der Waals surface area contributed by atoms with Gasteiger partial charge in [0.1, 0.15) is 11.9 Å². The summed E-state index contributed by atoms with van der Waals surface area (Å²) in [6, 6.07) is 9.41. The maximum atomic E-state index is 13.1. The van der Waals surface area contributed by atoms with Crippen LogP contribution in [0.5, 0.6) is 0 Å². The number of anilines is 1. The molecule has 2 aromatic rings. The van der Waals surface area contributed by atoms with Gasteiger partial charge < -0.3 is 20.5 Å². The second-order valence-corrected chi connectivity index (χ2v) is 11.1. The van der Waals surface area contributed by atoms with Gasteiger partial charge in [0.15, 0.2) is 0 Å². The second kappa shape index (κ2) is 12.6. The largest absolute Gasteiger partial charge is 0.396 e. The van der Waals surface area contributed by atoms with Gasteiger partial charge in [0, 0.05) is 43.0 Å². The van der Waals surface area contributed by atoms with Gasteiger partial charge in [0.25, 0.3) is 5.91 Å². The maximum Gasteiger partial charge on any atom is 0.251 e. The van der Waals surface area contributed by atoms with Gasteiger partial charge in [-0.05, 0) is 68.8 Å². The van der Waals surface area contributed by atoms with E-state index < -0.39 is 39.2 Å². The average Bonchev–Trinajstić information content (AvgIpc) is 2.84. The molecule has 1 aliphatic heterocycles. The zero-order chi connectivity index (χ0) is 27.1. The summed E-state index contributed by atoms with van der Waals surface area (Å²) in [5.74, 6) is -1.69. The first-order chi connectivity index (χ1) is 17.5. The lowest BCUT2D eigenvalue weighted by molar-refractivity contribution is -0.118. The number of rotatable bonds is 11. The third kappa shape index (κ3) is 8.58. The predicted octanol–water partition coefficient (Wildman–Crippen LogP) is 1.33. The van der Waals surface area contributed by atoms with Crippen LogP contribution in [0.1, 0.15) is 30.6 Å². The number of hydrogen-bond acceptors (Lipinski definition) is 7. The third-order valence-electron chi connectivity index (χ3n) is 5.71. The Balaban J connectivity index is 1.61. The molecule has 1 heterocycles. The molecule has 1 atom stereocenters. The normalized spacial score (nSPS) is 15.7. The van der Waals surface area contributed by atoms with E-state index in [9.17, 15) is 27.5 Å². The minimum atomic E-state index is -3.83. The Morgan fingerprint density at radius 1 is 1.08 bits per heavy atom. The van der Waals surface area contributed by atoms with Gasteiger partial charge in [-0.1, -0.05) is 0 Å². The van der Waals surface area contributed by atoms with Crippen molar-refractivity contribution in [2.75, 3.05) is 44.8 Å². The minimum absolute atomic E-state index is 0.0390. The first-order valence-electron chi connectivity index (χ1n) is 11.9. The van der Waals surface area contributed by atoms with Crippen LogP contribution in [0.25, 0.3) is 0 Å². The van der Waals surface area contributed by atoms with Gasteiger partial charge in [-0.15, -0.1) is 0 Å². The summed E-state index contributed by atoms with van der Waals surface area (Å²) in [6.07, 6.45) is -0.0482. The summed E-state index contributed by atoms with van der Waals surface area (Å²) < 4.78 is 47.1. The number of ether oxygens (including phenoxy) is 1. The molecule has 2 amide bonds. The molecular formula is C25H33FN4O6S. The van der Waals surface area contributed by atoms with Crippen molar-refractivity contribution in [1.29, 1.82) is 0 Å². The number of morpholine rings is 1. The van der Waals surface area contributed by atoms with Crippen molar-refractivity contribution in [3.63, 3.8) is 0 Å². The highest BCUT2D eigenvalue weighted by atomic mass is 32.2. The number of benzene rings is 2. The van der Waals surface area contributed by atoms with Crippen molar-refractivity contribution in [2.24, 2.45) is 0 Å². The Morgan fingerprint density at radius 2 is 1.70 bits per heavy atom. The Hall–Kier alpha value is -2.90. The fourth-order valence-electron chi connectivity index (χ4n) is 3.96. The first kappa shape index (κ1) is 28.7. The number of carbonyl (C=O) groups is 2. The molecule has 0 saturated carbocycles. The molecule has 0 unspecified atom stereocenters. The highest BCUT2D eigenvalue weighted by molar-refractivity contribution is 7.89. The Morgan fingerprint density at radius 3 is 2.30 bits per heavy atom. The second-order valence-electron chi connectivity index (χ2n) is 9.44. The van der Waals surface area contributed by atoms with Crippen LogP contribution in [-0.2, 0) is 19.6 Å². The van der Waals surface area contributed by atoms with Crippen LogP contribution in [0.15, 0.2) is 53.4 Å². The molecule has 1 aliphatic rings. The molecule has 0 spiro atoms. The molecular weight excluding hydrogens is 503 g/mol. The molecule has 0 aliphatic carbocycles. The quantitative estimate of drug-likeness (QED) is 0.340. The van der Waals surface area contributed by atoms with Crippen molar-refractivity contribution in [3.05, 3.63) is 59.9 Å². The number of aliphatic hydroxyl groups excluding tert-OH is 1. The van der Waals surface area contributed by atoms with Crippen LogP contribution in [0, 0.1) is 5.82 Å². The lowest BCUT2D eigenvalue weighted by Gasteiger charge is -2.35. The van der Waals surface area contributed by atoms with E-state index in [1.807, 2.05) is 13.8 Å². The summed E-state index contributed by atoms with van der Waals surface area (Å²) >= 11 is 0. The van der Waals surface area contributed by atoms with E-state index >= 15 is 0 Å². The smallest absolute Gasteiger partial charge is 0.251 e. The minimum Gasteiger partial charge on any atom is -0.396 e. The molecule has 1 fully saturated rings. The monoisotopic (exact) mass is 536 g/mol. The Bertz CT molecular complexity index is 1170. The SMILES string of the molecule is CC(C)(CN1CCOCC1)NS(=O)(=O)c1ccc(NC(=O)[C@H](CCO)NC(=O)c2ccc(F)cc2)cc1. The first-order valence-corrected chi connectivity index (χ1v) is 13.4. The average molecular weight is 537 g/mol. The number of nitrogens with zero attached hydrogens (tertiary/aromatic N) is 1. The predicted molar refractivity (Wildman–Crippen MR) is 136 cm³/mol. The number of hydrogen-bond donors (Lipinski definition) is 4. The van der Waals surface area contributed by atoms with Crippen LogP contribution in [-0.4, -0.2) is 81.3 Å². The molecule has 2 aromatic carbocycles. The maximum absolute atomic E-state index is 13.1. The topological polar surface area (TPSA) is 137 Å². The van der Waals surface area contributed by atoms with E-state index in [4.69, 9.17) is 4.74 Å². The van der Waals surface area contributed by atoms with Crippen molar-refractivity contribution < 1.29 is 32.2 Å². The van der Waals surface area contributed by atoms with Crippen LogP contribution >= 0.6 is 0 Å². The van der Waals surface area contributed by atoms with Crippen molar-refractivity contribution >= 4 is 27.5 Å². The number of carbonyl (C=O) groups excluding carboxylic acids is 2. The molecule has 12 heteroatoms. The van der Waals surface area contributed by atoms with Crippen LogP contribution in [0.2, 0.25) is 0 Å². The van der Waals surface area contributed by atoms with E-state index in [2.05, 4.69) is 20.3 Å².